The van der Waals surface area contributed by atoms with Crippen LogP contribution in [0.25, 0.3) is 0 Å². The molecule has 3 aromatic rings. The van der Waals surface area contributed by atoms with Gasteiger partial charge >= 0.3 is 17.5 Å². The Balaban J connectivity index is 2.05. The molecule has 0 saturated heterocycles. The zero-order chi connectivity index (χ0) is 25.8. The van der Waals surface area contributed by atoms with E-state index in [1.54, 1.807) is 0 Å². The van der Waals surface area contributed by atoms with Crippen molar-refractivity contribution in [2.45, 2.75) is 24.4 Å². The number of nitrogens with one attached hydrogen (secondary N) is 2. The Morgan fingerprint density at radius 1 is 0.771 bits per heavy atom. The lowest BCUT2D eigenvalue weighted by atomic mass is 9.93. The molecule has 10 heteroatoms. The summed E-state index contributed by atoms with van der Waals surface area (Å²) in [7, 11) is 3.76. The number of thiol groups is 1. The van der Waals surface area contributed by atoms with Crippen molar-refractivity contribution < 1.29 is 31.3 Å². The molecule has 0 aliphatic rings. The molecule has 3 aromatic carbocycles. The van der Waals surface area contributed by atoms with Gasteiger partial charge in [-0.25, -0.2) is 5.32 Å². The molecule has 35 heavy (non-hydrogen) atoms. The third kappa shape index (κ3) is 7.02. The van der Waals surface area contributed by atoms with E-state index < -0.39 is 35.2 Å². The Morgan fingerprint density at radius 3 is 1.66 bits per heavy atom. The fourth-order valence-corrected chi connectivity index (χ4v) is 4.06. The second kappa shape index (κ2) is 10.7. The summed E-state index contributed by atoms with van der Waals surface area (Å²) in [5.41, 5.74) is -1.41. The van der Waals surface area contributed by atoms with Crippen LogP contribution in [0.15, 0.2) is 78.9 Å². The highest BCUT2D eigenvalue weighted by atomic mass is 32.1. The lowest BCUT2D eigenvalue weighted by molar-refractivity contribution is -0.517. The maximum absolute atomic E-state index is 13.2. The predicted octanol–water partition coefficient (Wildman–Crippen LogP) is 5.55. The number of halogens is 6. The van der Waals surface area contributed by atoms with Gasteiger partial charge in [-0.3, -0.25) is 9.89 Å². The summed E-state index contributed by atoms with van der Waals surface area (Å²) >= 11 is 4.33. The Morgan fingerprint density at radius 2 is 1.23 bits per heavy atom. The van der Waals surface area contributed by atoms with E-state index in [1.165, 1.54) is 0 Å². The molecular weight excluding hydrogens is 488 g/mol. The van der Waals surface area contributed by atoms with Crippen LogP contribution in [0.5, 0.6) is 0 Å². The predicted molar refractivity (Wildman–Crippen MR) is 127 cm³/mol. The first-order valence-electron chi connectivity index (χ1n) is 10.5. The third-order valence-electron chi connectivity index (χ3n) is 5.31. The molecule has 0 aromatic heterocycles. The van der Waals surface area contributed by atoms with Crippen molar-refractivity contribution in [3.8, 4) is 0 Å². The first-order chi connectivity index (χ1) is 16.4. The van der Waals surface area contributed by atoms with Crippen molar-refractivity contribution in [1.29, 1.82) is 0 Å². The molecule has 0 bridgehead atoms. The van der Waals surface area contributed by atoms with Gasteiger partial charge in [0.2, 0.25) is 0 Å². The first-order valence-corrected chi connectivity index (χ1v) is 11.0. The second-order valence-corrected chi connectivity index (χ2v) is 8.57. The minimum Gasteiger partial charge on any atom is -0.298 e. The van der Waals surface area contributed by atoms with Crippen molar-refractivity contribution in [1.82, 2.24) is 4.90 Å². The molecule has 0 aliphatic heterocycles. The maximum atomic E-state index is 13.2. The number of hydrogen-bond donors (Lipinski definition) is 3. The lowest BCUT2D eigenvalue weighted by Crippen LogP contribution is -2.77. The molecule has 3 rings (SSSR count). The molecule has 2 N–H and O–H groups in total. The number of nitrogens with zero attached hydrogens (tertiary/aromatic N) is 1. The molecule has 0 aliphatic carbocycles. The van der Waals surface area contributed by atoms with Crippen LogP contribution in [0.3, 0.4) is 0 Å². The monoisotopic (exact) mass is 512 g/mol. The van der Waals surface area contributed by atoms with Crippen LogP contribution < -0.4 is 10.3 Å². The smallest absolute Gasteiger partial charge is 0.298 e. The van der Waals surface area contributed by atoms with Gasteiger partial charge in [0.15, 0.2) is 0 Å². The molecule has 0 saturated carbocycles. The highest BCUT2D eigenvalue weighted by Crippen LogP contribution is 2.37. The summed E-state index contributed by atoms with van der Waals surface area (Å²) in [6, 6.07) is 19.5. The largest absolute Gasteiger partial charge is 0.416 e. The fraction of sp³-hybridized carbons (Fsp3) is 0.240. The number of anilines is 1. The van der Waals surface area contributed by atoms with Gasteiger partial charge in [0, 0.05) is 0 Å². The van der Waals surface area contributed by atoms with Crippen molar-refractivity contribution >= 4 is 23.5 Å². The lowest BCUT2D eigenvalue weighted by Gasteiger charge is -2.29. The fourth-order valence-electron chi connectivity index (χ4n) is 3.79. The van der Waals surface area contributed by atoms with Gasteiger partial charge in [-0.15, -0.1) is 0 Å². The normalized spacial score (nSPS) is 14.6. The van der Waals surface area contributed by atoms with Gasteiger partial charge in [0.1, 0.15) is 11.7 Å². The highest BCUT2D eigenvalue weighted by Gasteiger charge is 2.37. The quantitative estimate of drug-likeness (QED) is 0.175. The van der Waals surface area contributed by atoms with Crippen LogP contribution in [0.4, 0.5) is 32.0 Å². The Hall–Kier alpha value is -2.98. The second-order valence-electron chi connectivity index (χ2n) is 8.12. The van der Waals surface area contributed by atoms with E-state index >= 15 is 0 Å². The number of hydrogen-bond acceptors (Lipinski definition) is 1. The Labute approximate surface area is 204 Å². The Bertz CT molecular complexity index is 1110. The molecule has 0 fully saturated rings. The molecule has 0 radical (unpaired) electrons. The van der Waals surface area contributed by atoms with Gasteiger partial charge in [0.05, 0.1) is 17.2 Å². The highest BCUT2D eigenvalue weighted by molar-refractivity contribution is 7.96. The zero-order valence-corrected chi connectivity index (χ0v) is 19.7. The van der Waals surface area contributed by atoms with Gasteiger partial charge in [-0.1, -0.05) is 73.3 Å². The van der Waals surface area contributed by atoms with Crippen molar-refractivity contribution in [3.05, 3.63) is 101 Å². The van der Waals surface area contributed by atoms with E-state index in [1.807, 2.05) is 79.7 Å². The molecule has 0 heterocycles. The van der Waals surface area contributed by atoms with Gasteiger partial charge in [-0.05, 0) is 43.4 Å². The van der Waals surface area contributed by atoms with Crippen molar-refractivity contribution in [2.24, 2.45) is 0 Å². The number of likely N-dealkylation sites (N-methyl/N-ethyl adjacent to an activating group) is 1. The van der Waals surface area contributed by atoms with Crippen LogP contribution in [-0.4, -0.2) is 24.2 Å². The summed E-state index contributed by atoms with van der Waals surface area (Å²) < 4.78 is 79.5. The van der Waals surface area contributed by atoms with E-state index in [4.69, 9.17) is 0 Å². The summed E-state index contributed by atoms with van der Waals surface area (Å²) in [5, 5.41) is 2.56. The first kappa shape index (κ1) is 26.6. The molecule has 2 atom stereocenters. The topological polar surface area (TPSA) is 29.2 Å². The maximum Gasteiger partial charge on any atom is 0.416 e. The number of amidine groups is 1. The molecule has 0 unspecified atom stereocenters. The van der Waals surface area contributed by atoms with E-state index in [9.17, 15) is 26.3 Å². The molecule has 186 valence electrons. The minimum atomic E-state index is -4.95. The zero-order valence-electron chi connectivity index (χ0n) is 18.8. The van der Waals surface area contributed by atoms with Crippen molar-refractivity contribution in [2.75, 3.05) is 19.4 Å². The number of benzene rings is 3. The van der Waals surface area contributed by atoms with Crippen LogP contribution in [-0.2, 0) is 12.4 Å². The average Bonchev–Trinajstić information content (AvgIpc) is 2.78. The van der Waals surface area contributed by atoms with Gasteiger partial charge < -0.3 is 0 Å². The van der Waals surface area contributed by atoms with Crippen LogP contribution in [0.2, 0.25) is 0 Å². The summed E-state index contributed by atoms with van der Waals surface area (Å²) in [6.07, 6.45) is -9.89. The minimum absolute atomic E-state index is 0.00548. The Kier molecular flexibility index (Phi) is 8.17. The van der Waals surface area contributed by atoms with Gasteiger partial charge in [0.25, 0.3) is 0 Å². The molecule has 0 spiro atoms. The summed E-state index contributed by atoms with van der Waals surface area (Å²) in [5.74, 6) is 0. The standard InChI is InChI=1S/C25H23F6N3S/c1-34(2)22(17-11-7-4-8-12-17)21(16-9-5-3-6-10-16)33-23(35)32-20-14-18(24(26,27)28)13-19(15-20)25(29,30)31/h3-15,21-22H,1-2H3,(H2,32,33,35)/p+1/t21-,22-/m0/s1. The number of rotatable bonds is 6. The van der Waals surface area contributed by atoms with E-state index in [2.05, 4.69) is 22.9 Å². The average molecular weight is 513 g/mol. The summed E-state index contributed by atoms with van der Waals surface area (Å²) in [4.78, 5) is 5.11. The van der Waals surface area contributed by atoms with E-state index in [0.717, 1.165) is 11.1 Å². The van der Waals surface area contributed by atoms with Crippen LogP contribution in [0, 0.1) is 0 Å². The molecule has 3 nitrogen and oxygen atoms in total. The van der Waals surface area contributed by atoms with Crippen LogP contribution in [0.1, 0.15) is 34.3 Å². The van der Waals surface area contributed by atoms with E-state index in [0.29, 0.717) is 12.1 Å². The van der Waals surface area contributed by atoms with Crippen molar-refractivity contribution in [3.63, 3.8) is 0 Å². The SMILES string of the molecule is CN(C)[C@@H](c1ccccc1)[C@@H]([NH+]=C(S)Nc1cc(C(F)(F)F)cc(C(F)(F)F)c1)c1ccccc1. The molecular formula is C25H24F6N3S+. The third-order valence-corrected chi connectivity index (χ3v) is 5.56. The molecule has 0 amide bonds. The van der Waals surface area contributed by atoms with E-state index in [-0.39, 0.29) is 17.3 Å². The van der Waals surface area contributed by atoms with Gasteiger partial charge in [-0.2, -0.15) is 26.3 Å². The summed E-state index contributed by atoms with van der Waals surface area (Å²) in [6.45, 7) is 0. The van der Waals surface area contributed by atoms with Crippen LogP contribution >= 0.6 is 12.6 Å². The number of alkyl halides is 6.